The van der Waals surface area contributed by atoms with Gasteiger partial charge in [0.2, 0.25) is 0 Å². The van der Waals surface area contributed by atoms with Crippen molar-refractivity contribution < 1.29 is 19.7 Å². The van der Waals surface area contributed by atoms with Gasteiger partial charge in [0, 0.05) is 24.4 Å². The number of para-hydroxylation sites is 1. The maximum Gasteiger partial charge on any atom is 0.308 e. The van der Waals surface area contributed by atoms with Crippen molar-refractivity contribution in [2.45, 2.75) is 59.0 Å². The molecule has 5 heteroatoms. The Morgan fingerprint density at radius 1 is 1.29 bits per heavy atom. The van der Waals surface area contributed by atoms with E-state index >= 15 is 0 Å². The summed E-state index contributed by atoms with van der Waals surface area (Å²) in [6.07, 6.45) is 9.73. The molecule has 0 bridgehead atoms. The zero-order valence-electron chi connectivity index (χ0n) is 19.3. The zero-order valence-corrected chi connectivity index (χ0v) is 19.3. The van der Waals surface area contributed by atoms with Gasteiger partial charge in [0.1, 0.15) is 5.75 Å². The highest BCUT2D eigenvalue weighted by molar-refractivity contribution is 5.77. The summed E-state index contributed by atoms with van der Waals surface area (Å²) in [5.74, 6) is -0.371. The number of rotatable bonds is 7. The molecule has 0 radical (unpaired) electrons. The molecule has 2 N–H and O–H groups in total. The third kappa shape index (κ3) is 6.23. The number of allylic oxidation sites excluding steroid dienone is 4. The number of benzene rings is 1. The fourth-order valence-corrected chi connectivity index (χ4v) is 4.37. The molecular formula is C26H37NO4. The van der Waals surface area contributed by atoms with E-state index in [0.717, 1.165) is 54.7 Å². The molecule has 2 unspecified atom stereocenters. The second-order valence-electron chi connectivity index (χ2n) is 7.70. The Morgan fingerprint density at radius 3 is 2.71 bits per heavy atom. The van der Waals surface area contributed by atoms with Crippen LogP contribution < -0.4 is 4.74 Å². The summed E-state index contributed by atoms with van der Waals surface area (Å²) in [4.78, 5) is 13.8. The predicted molar refractivity (Wildman–Crippen MR) is 126 cm³/mol. The summed E-state index contributed by atoms with van der Waals surface area (Å²) in [5.41, 5.74) is 4.27. The van der Waals surface area contributed by atoms with Crippen LogP contribution in [0, 0.1) is 5.92 Å². The van der Waals surface area contributed by atoms with Crippen molar-refractivity contribution in [2.75, 3.05) is 20.2 Å². The quantitative estimate of drug-likeness (QED) is 0.580. The van der Waals surface area contributed by atoms with E-state index in [2.05, 4.69) is 23.1 Å². The monoisotopic (exact) mass is 427 g/mol. The zero-order chi connectivity index (χ0) is 22.8. The lowest BCUT2D eigenvalue weighted by Gasteiger charge is -2.40. The van der Waals surface area contributed by atoms with E-state index in [0.29, 0.717) is 13.0 Å². The van der Waals surface area contributed by atoms with Gasteiger partial charge in [0.05, 0.1) is 19.1 Å². The van der Waals surface area contributed by atoms with Crippen LogP contribution in [0.5, 0.6) is 5.75 Å². The van der Waals surface area contributed by atoms with E-state index in [1.54, 1.807) is 7.11 Å². The molecule has 2 aliphatic rings. The smallest absolute Gasteiger partial charge is 0.308 e. The van der Waals surface area contributed by atoms with Crippen molar-refractivity contribution in [3.8, 4) is 5.75 Å². The molecule has 1 heterocycles. The average molecular weight is 428 g/mol. The molecule has 0 amide bonds. The second kappa shape index (κ2) is 12.4. The topological polar surface area (TPSA) is 70.0 Å². The molecule has 3 rings (SSSR count). The molecule has 1 aromatic carbocycles. The lowest BCUT2D eigenvalue weighted by Crippen LogP contribution is -2.41. The van der Waals surface area contributed by atoms with Crippen molar-refractivity contribution >= 4 is 11.5 Å². The largest absolute Gasteiger partial charge is 0.496 e. The number of nitrogens with zero attached hydrogens (tertiary/aromatic N) is 1. The van der Waals surface area contributed by atoms with Crippen LogP contribution in [0.25, 0.3) is 5.57 Å². The van der Waals surface area contributed by atoms with Gasteiger partial charge in [0.15, 0.2) is 0 Å². The summed E-state index contributed by atoms with van der Waals surface area (Å²) in [6, 6.07) is 7.95. The van der Waals surface area contributed by atoms with Gasteiger partial charge in [-0.3, -0.25) is 4.79 Å². The highest BCUT2D eigenvalue weighted by Crippen LogP contribution is 2.36. The maximum atomic E-state index is 11.6. The van der Waals surface area contributed by atoms with E-state index in [1.165, 1.54) is 5.70 Å². The van der Waals surface area contributed by atoms with Gasteiger partial charge in [-0.05, 0) is 56.2 Å². The molecule has 1 aliphatic carbocycles. The molecule has 0 saturated carbocycles. The number of hydrogen-bond acceptors (Lipinski definition) is 4. The first-order valence-corrected chi connectivity index (χ1v) is 11.4. The second-order valence-corrected chi connectivity index (χ2v) is 7.70. The Labute approximate surface area is 186 Å². The fourth-order valence-electron chi connectivity index (χ4n) is 4.37. The maximum absolute atomic E-state index is 11.6. The van der Waals surface area contributed by atoms with E-state index in [4.69, 9.17) is 4.74 Å². The first kappa shape index (κ1) is 24.7. The van der Waals surface area contributed by atoms with Crippen LogP contribution in [-0.4, -0.2) is 47.4 Å². The molecule has 0 spiro atoms. The Balaban J connectivity index is 0.00000166. The number of methoxy groups -OCH3 is 1. The van der Waals surface area contributed by atoms with Crippen molar-refractivity contribution in [1.82, 2.24) is 4.90 Å². The van der Waals surface area contributed by atoms with Crippen LogP contribution in [-0.2, 0) is 4.79 Å². The van der Waals surface area contributed by atoms with Crippen molar-refractivity contribution in [3.05, 3.63) is 59.3 Å². The van der Waals surface area contributed by atoms with Crippen molar-refractivity contribution in [2.24, 2.45) is 5.92 Å². The highest BCUT2D eigenvalue weighted by atomic mass is 16.5. The Morgan fingerprint density at radius 2 is 2.03 bits per heavy atom. The highest BCUT2D eigenvalue weighted by Gasteiger charge is 2.34. The molecule has 2 atom stereocenters. The number of aliphatic hydroxyl groups is 1. The molecular weight excluding hydrogens is 390 g/mol. The standard InChI is InChI=1S/C24H31NO4.C2H6/c1-3-17(19-10-4-5-13-23(19)29-2)9-6-7-14-25-16-18(24(27)28)15-20-21(25)11-8-12-22(20)26;1-2/h3-6,9-10,13,18,22,26H,7-8,11-12,14-16H2,1-2H3,(H,27,28);1-2H3/b9-6-,17-3+;. The van der Waals surface area contributed by atoms with E-state index < -0.39 is 18.0 Å². The van der Waals surface area contributed by atoms with Crippen LogP contribution in [0.3, 0.4) is 0 Å². The van der Waals surface area contributed by atoms with Gasteiger partial charge < -0.3 is 19.8 Å². The van der Waals surface area contributed by atoms with Gasteiger partial charge in [-0.2, -0.15) is 0 Å². The van der Waals surface area contributed by atoms with E-state index in [1.807, 2.05) is 45.0 Å². The molecule has 31 heavy (non-hydrogen) atoms. The predicted octanol–water partition coefficient (Wildman–Crippen LogP) is 5.28. The summed E-state index contributed by atoms with van der Waals surface area (Å²) in [5, 5.41) is 19.9. The molecule has 1 aromatic rings. The third-order valence-electron chi connectivity index (χ3n) is 5.89. The normalized spacial score (nSPS) is 21.5. The molecule has 0 aromatic heterocycles. The van der Waals surface area contributed by atoms with Gasteiger partial charge >= 0.3 is 5.97 Å². The molecule has 0 fully saturated rings. The molecule has 1 aliphatic heterocycles. The number of aliphatic carboxylic acids is 1. The number of carboxylic acids is 1. The minimum absolute atomic E-state index is 0.440. The van der Waals surface area contributed by atoms with Gasteiger partial charge in [-0.1, -0.05) is 50.3 Å². The Bertz CT molecular complexity index is 824. The number of aliphatic hydroxyl groups excluding tert-OH is 1. The summed E-state index contributed by atoms with van der Waals surface area (Å²) in [6.45, 7) is 7.29. The summed E-state index contributed by atoms with van der Waals surface area (Å²) in [7, 11) is 1.68. The minimum Gasteiger partial charge on any atom is -0.496 e. The summed E-state index contributed by atoms with van der Waals surface area (Å²) < 4.78 is 5.46. The Kier molecular flexibility index (Phi) is 9.86. The molecule has 5 nitrogen and oxygen atoms in total. The SMILES string of the molecule is C/C=C(\C=C/CCN1CC(C(=O)O)CC2=C1CCCC2O)c1ccccc1OC.CC. The van der Waals surface area contributed by atoms with Crippen LogP contribution in [0.15, 0.2) is 53.8 Å². The lowest BCUT2D eigenvalue weighted by molar-refractivity contribution is -0.142. The number of carbonyl (C=O) groups is 1. The van der Waals surface area contributed by atoms with Gasteiger partial charge in [-0.15, -0.1) is 0 Å². The van der Waals surface area contributed by atoms with Crippen molar-refractivity contribution in [3.63, 3.8) is 0 Å². The minimum atomic E-state index is -0.776. The van der Waals surface area contributed by atoms with E-state index in [9.17, 15) is 15.0 Å². The van der Waals surface area contributed by atoms with Crippen LogP contribution in [0.1, 0.15) is 58.4 Å². The molecule has 170 valence electrons. The van der Waals surface area contributed by atoms with Gasteiger partial charge in [0.25, 0.3) is 0 Å². The third-order valence-corrected chi connectivity index (χ3v) is 5.89. The fraction of sp³-hybridized carbons (Fsp3) is 0.500. The first-order valence-electron chi connectivity index (χ1n) is 11.4. The molecule has 0 saturated heterocycles. The summed E-state index contributed by atoms with van der Waals surface area (Å²) >= 11 is 0. The van der Waals surface area contributed by atoms with Crippen LogP contribution >= 0.6 is 0 Å². The average Bonchev–Trinajstić information content (AvgIpc) is 2.80. The number of ether oxygens (including phenoxy) is 1. The lowest BCUT2D eigenvalue weighted by atomic mass is 9.83. The van der Waals surface area contributed by atoms with Gasteiger partial charge in [-0.25, -0.2) is 0 Å². The van der Waals surface area contributed by atoms with E-state index in [-0.39, 0.29) is 0 Å². The van der Waals surface area contributed by atoms with Crippen LogP contribution in [0.4, 0.5) is 0 Å². The van der Waals surface area contributed by atoms with Crippen LogP contribution in [0.2, 0.25) is 0 Å². The number of hydrogen-bond donors (Lipinski definition) is 2. The number of carboxylic acid groups (broad SMARTS) is 1. The first-order chi connectivity index (χ1) is 15.0. The Hall–Kier alpha value is -2.53. The van der Waals surface area contributed by atoms with Crippen molar-refractivity contribution in [1.29, 1.82) is 0 Å².